The number of nitriles is 1. The van der Waals surface area contributed by atoms with Crippen molar-refractivity contribution in [2.24, 2.45) is 11.7 Å². The van der Waals surface area contributed by atoms with Gasteiger partial charge in [0.25, 0.3) is 0 Å². The second-order valence-electron chi connectivity index (χ2n) is 4.36. The van der Waals surface area contributed by atoms with Gasteiger partial charge in [-0.05, 0) is 37.0 Å². The van der Waals surface area contributed by atoms with Gasteiger partial charge in [0.1, 0.15) is 5.75 Å². The van der Waals surface area contributed by atoms with Gasteiger partial charge in [-0.1, -0.05) is 19.1 Å². The summed E-state index contributed by atoms with van der Waals surface area (Å²) in [4.78, 5) is 0. The van der Waals surface area contributed by atoms with E-state index in [1.54, 1.807) is 7.11 Å². The lowest BCUT2D eigenvalue weighted by Gasteiger charge is -2.19. The maximum Gasteiger partial charge on any atom is 0.124 e. The molecule has 2 N–H and O–H groups in total. The van der Waals surface area contributed by atoms with Crippen molar-refractivity contribution in [2.75, 3.05) is 7.11 Å². The fraction of sp³-hybridized carbons (Fsp3) is 0.500. The minimum atomic E-state index is -0.228. The Hall–Kier alpha value is -1.53. The smallest absolute Gasteiger partial charge is 0.124 e. The van der Waals surface area contributed by atoms with E-state index in [1.165, 1.54) is 0 Å². The molecule has 1 rings (SSSR count). The summed E-state index contributed by atoms with van der Waals surface area (Å²) in [6.45, 7) is 5.97. The summed E-state index contributed by atoms with van der Waals surface area (Å²) in [5.74, 6) is 0.758. The highest BCUT2D eigenvalue weighted by molar-refractivity contribution is 5.44. The molecule has 0 amide bonds. The molecule has 0 saturated heterocycles. The van der Waals surface area contributed by atoms with Crippen LogP contribution < -0.4 is 10.5 Å². The van der Waals surface area contributed by atoms with Crippen LogP contribution in [0.2, 0.25) is 0 Å². The molecule has 0 saturated carbocycles. The van der Waals surface area contributed by atoms with E-state index in [9.17, 15) is 0 Å². The van der Waals surface area contributed by atoms with E-state index in [-0.39, 0.29) is 12.0 Å². The predicted molar refractivity (Wildman–Crippen MR) is 68.8 cm³/mol. The number of nitrogens with two attached hydrogens (primary N) is 1. The average molecular weight is 232 g/mol. The molecule has 1 aromatic rings. The molecule has 0 bridgehead atoms. The van der Waals surface area contributed by atoms with Crippen molar-refractivity contribution in [3.63, 3.8) is 0 Å². The number of hydrogen-bond donors (Lipinski definition) is 1. The van der Waals surface area contributed by atoms with Gasteiger partial charge >= 0.3 is 0 Å². The number of nitrogens with zero attached hydrogens (tertiary/aromatic N) is 1. The number of ether oxygens (including phenoxy) is 1. The minimum Gasteiger partial charge on any atom is -0.496 e. The van der Waals surface area contributed by atoms with E-state index in [2.05, 4.69) is 6.07 Å². The predicted octanol–water partition coefficient (Wildman–Crippen LogP) is 2.86. The van der Waals surface area contributed by atoms with Crippen LogP contribution in [0, 0.1) is 31.1 Å². The van der Waals surface area contributed by atoms with Gasteiger partial charge in [0, 0.05) is 6.04 Å². The van der Waals surface area contributed by atoms with Crippen molar-refractivity contribution in [3.05, 3.63) is 28.8 Å². The van der Waals surface area contributed by atoms with E-state index in [1.807, 2.05) is 32.9 Å². The van der Waals surface area contributed by atoms with Crippen molar-refractivity contribution in [1.82, 2.24) is 0 Å². The number of rotatable bonds is 4. The number of aryl methyl sites for hydroxylation is 2. The van der Waals surface area contributed by atoms with Gasteiger partial charge in [-0.3, -0.25) is 0 Å². The zero-order chi connectivity index (χ0) is 13.0. The molecule has 0 radical (unpaired) electrons. The first-order chi connectivity index (χ1) is 8.04. The molecular weight excluding hydrogens is 212 g/mol. The molecule has 0 aliphatic carbocycles. The summed E-state index contributed by atoms with van der Waals surface area (Å²) in [6.07, 6.45) is 0.766. The van der Waals surface area contributed by atoms with Crippen LogP contribution in [0.3, 0.4) is 0 Å². The van der Waals surface area contributed by atoms with Crippen LogP contribution in [0.4, 0.5) is 0 Å². The summed E-state index contributed by atoms with van der Waals surface area (Å²) in [7, 11) is 1.67. The Morgan fingerprint density at radius 3 is 2.24 bits per heavy atom. The highest BCUT2D eigenvalue weighted by Gasteiger charge is 2.18. The Kier molecular flexibility index (Phi) is 4.53. The van der Waals surface area contributed by atoms with Crippen LogP contribution >= 0.6 is 0 Å². The van der Waals surface area contributed by atoms with Crippen molar-refractivity contribution >= 4 is 0 Å². The van der Waals surface area contributed by atoms with Gasteiger partial charge in [-0.2, -0.15) is 5.26 Å². The number of methoxy groups -OCH3 is 1. The topological polar surface area (TPSA) is 59.0 Å². The van der Waals surface area contributed by atoms with Gasteiger partial charge in [0.2, 0.25) is 0 Å². The largest absolute Gasteiger partial charge is 0.496 e. The van der Waals surface area contributed by atoms with Gasteiger partial charge < -0.3 is 10.5 Å². The highest BCUT2D eigenvalue weighted by atomic mass is 16.5. The monoisotopic (exact) mass is 232 g/mol. The van der Waals surface area contributed by atoms with E-state index in [0.717, 1.165) is 28.9 Å². The maximum absolute atomic E-state index is 9.04. The Morgan fingerprint density at radius 2 is 1.88 bits per heavy atom. The Bertz CT molecular complexity index is 411. The van der Waals surface area contributed by atoms with Crippen molar-refractivity contribution in [2.45, 2.75) is 33.2 Å². The first-order valence-electron chi connectivity index (χ1n) is 5.85. The maximum atomic E-state index is 9.04. The summed E-state index contributed by atoms with van der Waals surface area (Å²) in [5.41, 5.74) is 9.26. The SMILES string of the molecule is CCC(C#N)C(N)c1cc(C)c(OC)c(C)c1. The highest BCUT2D eigenvalue weighted by Crippen LogP contribution is 2.29. The van der Waals surface area contributed by atoms with E-state index in [4.69, 9.17) is 15.7 Å². The molecule has 0 fully saturated rings. The Morgan fingerprint density at radius 1 is 1.35 bits per heavy atom. The molecule has 0 aliphatic rings. The molecule has 0 spiro atoms. The van der Waals surface area contributed by atoms with Gasteiger partial charge in [0.05, 0.1) is 19.1 Å². The first kappa shape index (κ1) is 13.5. The van der Waals surface area contributed by atoms with Crippen LogP contribution in [-0.2, 0) is 0 Å². The third-order valence-electron chi connectivity index (χ3n) is 3.11. The third-order valence-corrected chi connectivity index (χ3v) is 3.11. The fourth-order valence-electron chi connectivity index (χ4n) is 2.16. The second kappa shape index (κ2) is 5.70. The quantitative estimate of drug-likeness (QED) is 0.868. The van der Waals surface area contributed by atoms with Crippen LogP contribution in [0.5, 0.6) is 5.75 Å². The van der Waals surface area contributed by atoms with Crippen molar-refractivity contribution in [3.8, 4) is 11.8 Å². The normalized spacial score (nSPS) is 13.9. The van der Waals surface area contributed by atoms with Gasteiger partial charge in [-0.25, -0.2) is 0 Å². The zero-order valence-electron chi connectivity index (χ0n) is 10.9. The molecule has 0 heterocycles. The zero-order valence-corrected chi connectivity index (χ0v) is 10.9. The minimum absolute atomic E-state index is 0.137. The van der Waals surface area contributed by atoms with E-state index < -0.39 is 0 Å². The summed E-state index contributed by atoms with van der Waals surface area (Å²) >= 11 is 0. The number of hydrogen-bond acceptors (Lipinski definition) is 3. The Balaban J connectivity index is 3.13. The summed E-state index contributed by atoms with van der Waals surface area (Å²) < 4.78 is 5.32. The van der Waals surface area contributed by atoms with Crippen LogP contribution in [0.1, 0.15) is 36.1 Å². The Labute approximate surface area is 103 Å². The van der Waals surface area contributed by atoms with Crippen molar-refractivity contribution < 1.29 is 4.74 Å². The molecule has 3 heteroatoms. The molecule has 92 valence electrons. The number of benzene rings is 1. The molecule has 0 aromatic heterocycles. The molecule has 2 unspecified atom stereocenters. The second-order valence-corrected chi connectivity index (χ2v) is 4.36. The third kappa shape index (κ3) is 2.78. The first-order valence-corrected chi connectivity index (χ1v) is 5.85. The lowest BCUT2D eigenvalue weighted by molar-refractivity contribution is 0.407. The van der Waals surface area contributed by atoms with Crippen LogP contribution in [0.15, 0.2) is 12.1 Å². The molecule has 2 atom stereocenters. The molecule has 0 aliphatic heterocycles. The van der Waals surface area contributed by atoms with Gasteiger partial charge in [0.15, 0.2) is 0 Å². The molecule has 1 aromatic carbocycles. The van der Waals surface area contributed by atoms with E-state index >= 15 is 0 Å². The lowest BCUT2D eigenvalue weighted by atomic mass is 9.90. The molecule has 17 heavy (non-hydrogen) atoms. The van der Waals surface area contributed by atoms with Crippen LogP contribution in [0.25, 0.3) is 0 Å². The molecular formula is C14H20N2O. The summed E-state index contributed by atoms with van der Waals surface area (Å²) in [5, 5.41) is 9.04. The summed E-state index contributed by atoms with van der Waals surface area (Å²) in [6, 6.07) is 6.05. The lowest BCUT2D eigenvalue weighted by Crippen LogP contribution is -2.20. The van der Waals surface area contributed by atoms with Gasteiger partial charge in [-0.15, -0.1) is 0 Å². The van der Waals surface area contributed by atoms with Crippen LogP contribution in [-0.4, -0.2) is 7.11 Å². The fourth-order valence-corrected chi connectivity index (χ4v) is 2.16. The molecule has 3 nitrogen and oxygen atoms in total. The van der Waals surface area contributed by atoms with E-state index in [0.29, 0.717) is 0 Å². The standard InChI is InChI=1S/C14H20N2O/c1-5-11(8-15)13(16)12-6-9(2)14(17-4)10(3)7-12/h6-7,11,13H,5,16H2,1-4H3. The average Bonchev–Trinajstić information content (AvgIpc) is 2.30. The van der Waals surface area contributed by atoms with Crippen molar-refractivity contribution in [1.29, 1.82) is 5.26 Å².